The molecule has 3 nitrogen and oxygen atoms in total. The fourth-order valence-corrected chi connectivity index (χ4v) is 2.89. The molecule has 1 fully saturated rings. The summed E-state index contributed by atoms with van der Waals surface area (Å²) in [6.45, 7) is 7.11. The second-order valence-corrected chi connectivity index (χ2v) is 4.72. The van der Waals surface area contributed by atoms with Gasteiger partial charge in [0.15, 0.2) is 0 Å². The zero-order valence-corrected chi connectivity index (χ0v) is 10.1. The summed E-state index contributed by atoms with van der Waals surface area (Å²) in [4.78, 5) is 4.68. The fraction of sp³-hybridized carbons (Fsp3) is 0.538. The van der Waals surface area contributed by atoms with Crippen LogP contribution in [0.15, 0.2) is 18.2 Å². The maximum Gasteiger partial charge on any atom is 0.125 e. The Bertz CT molecular complexity index is 421. The normalized spacial score (nSPS) is 23.3. The van der Waals surface area contributed by atoms with Gasteiger partial charge in [-0.2, -0.15) is 0 Å². The molecule has 0 aliphatic carbocycles. The van der Waals surface area contributed by atoms with Crippen molar-refractivity contribution < 1.29 is 4.39 Å². The third-order valence-electron chi connectivity index (χ3n) is 3.75. The summed E-state index contributed by atoms with van der Waals surface area (Å²) in [5.74, 6) is -0.140. The molecule has 2 aliphatic heterocycles. The van der Waals surface area contributed by atoms with Crippen molar-refractivity contribution in [2.45, 2.75) is 13.0 Å². The lowest BCUT2D eigenvalue weighted by atomic mass is 10.0. The lowest BCUT2D eigenvalue weighted by Gasteiger charge is -2.47. The van der Waals surface area contributed by atoms with Crippen molar-refractivity contribution in [3.63, 3.8) is 0 Å². The summed E-state index contributed by atoms with van der Waals surface area (Å²) in [6, 6.07) is 5.62. The highest BCUT2D eigenvalue weighted by molar-refractivity contribution is 5.74. The van der Waals surface area contributed by atoms with Gasteiger partial charge in [0.25, 0.3) is 0 Å². The number of halogens is 1. The molecule has 17 heavy (non-hydrogen) atoms. The van der Waals surface area contributed by atoms with Gasteiger partial charge in [0.05, 0.1) is 17.4 Å². The Balaban J connectivity index is 2.04. The third-order valence-corrected chi connectivity index (χ3v) is 3.75. The molecular weight excluding hydrogens is 217 g/mol. The Kier molecular flexibility index (Phi) is 2.67. The van der Waals surface area contributed by atoms with Crippen LogP contribution in [0.3, 0.4) is 0 Å². The molecule has 1 N–H and O–H groups in total. The van der Waals surface area contributed by atoms with Gasteiger partial charge in [-0.1, -0.05) is 0 Å². The molecule has 0 aromatic heterocycles. The summed E-state index contributed by atoms with van der Waals surface area (Å²) >= 11 is 0. The molecule has 0 saturated carbocycles. The minimum Gasteiger partial charge on any atom is -0.368 e. The average Bonchev–Trinajstić information content (AvgIpc) is 2.37. The quantitative estimate of drug-likeness (QED) is 0.794. The van der Waals surface area contributed by atoms with Crippen LogP contribution in [0.25, 0.3) is 0 Å². The first-order chi connectivity index (χ1) is 8.29. The number of nitrogens with zero attached hydrogens (tertiary/aromatic N) is 2. The Morgan fingerprint density at radius 3 is 3.12 bits per heavy atom. The van der Waals surface area contributed by atoms with Crippen LogP contribution < -0.4 is 15.1 Å². The lowest BCUT2D eigenvalue weighted by Crippen LogP contribution is -2.58. The molecule has 1 saturated heterocycles. The number of benzene rings is 1. The minimum atomic E-state index is -0.140. The van der Waals surface area contributed by atoms with Crippen LogP contribution in [0.5, 0.6) is 0 Å². The van der Waals surface area contributed by atoms with Crippen LogP contribution >= 0.6 is 0 Å². The van der Waals surface area contributed by atoms with E-state index in [4.69, 9.17) is 0 Å². The zero-order chi connectivity index (χ0) is 11.8. The summed E-state index contributed by atoms with van der Waals surface area (Å²) in [5, 5.41) is 3.41. The number of nitrogens with one attached hydrogen (secondary N) is 1. The van der Waals surface area contributed by atoms with E-state index in [0.717, 1.165) is 38.4 Å². The summed E-state index contributed by atoms with van der Waals surface area (Å²) in [6.07, 6.45) is 0. The average molecular weight is 235 g/mol. The highest BCUT2D eigenvalue weighted by Gasteiger charge is 2.31. The van der Waals surface area contributed by atoms with Crippen LogP contribution in [0.2, 0.25) is 0 Å². The number of fused-ring (bicyclic) bond motifs is 3. The Morgan fingerprint density at radius 2 is 2.29 bits per heavy atom. The smallest absolute Gasteiger partial charge is 0.125 e. The van der Waals surface area contributed by atoms with Crippen LogP contribution in [0.4, 0.5) is 15.8 Å². The Hall–Kier alpha value is -1.29. The van der Waals surface area contributed by atoms with E-state index in [2.05, 4.69) is 22.0 Å². The molecule has 4 heteroatoms. The van der Waals surface area contributed by atoms with E-state index in [9.17, 15) is 4.39 Å². The number of hydrogen-bond donors (Lipinski definition) is 1. The van der Waals surface area contributed by atoms with E-state index in [0.29, 0.717) is 6.04 Å². The van der Waals surface area contributed by atoms with E-state index < -0.39 is 0 Å². The molecule has 1 aromatic carbocycles. The van der Waals surface area contributed by atoms with Gasteiger partial charge >= 0.3 is 0 Å². The number of piperazine rings is 1. The van der Waals surface area contributed by atoms with Crippen molar-refractivity contribution in [1.29, 1.82) is 0 Å². The van der Waals surface area contributed by atoms with E-state index >= 15 is 0 Å². The molecule has 92 valence electrons. The van der Waals surface area contributed by atoms with Gasteiger partial charge in [-0.25, -0.2) is 4.39 Å². The van der Waals surface area contributed by atoms with Gasteiger partial charge in [0.1, 0.15) is 5.82 Å². The number of rotatable bonds is 1. The van der Waals surface area contributed by atoms with Crippen LogP contribution in [-0.2, 0) is 0 Å². The number of likely N-dealkylation sites (N-methyl/N-ethyl adjacent to an activating group) is 1. The molecule has 1 atom stereocenters. The van der Waals surface area contributed by atoms with Gasteiger partial charge in [-0.15, -0.1) is 0 Å². The van der Waals surface area contributed by atoms with Crippen molar-refractivity contribution in [3.8, 4) is 0 Å². The highest BCUT2D eigenvalue weighted by Crippen LogP contribution is 2.36. The molecule has 2 aliphatic rings. The molecule has 0 spiro atoms. The van der Waals surface area contributed by atoms with Crippen molar-refractivity contribution >= 4 is 11.4 Å². The molecule has 0 radical (unpaired) electrons. The first-order valence-electron chi connectivity index (χ1n) is 6.31. The van der Waals surface area contributed by atoms with Crippen LogP contribution in [0.1, 0.15) is 6.92 Å². The Labute approximate surface area is 101 Å². The maximum atomic E-state index is 13.4. The molecule has 0 bridgehead atoms. The van der Waals surface area contributed by atoms with E-state index in [1.54, 1.807) is 12.1 Å². The first kappa shape index (κ1) is 10.8. The molecule has 3 rings (SSSR count). The van der Waals surface area contributed by atoms with Crippen LogP contribution in [0, 0.1) is 5.82 Å². The van der Waals surface area contributed by atoms with Crippen molar-refractivity contribution in [1.82, 2.24) is 5.32 Å². The van der Waals surface area contributed by atoms with Gasteiger partial charge < -0.3 is 15.1 Å². The van der Waals surface area contributed by atoms with Crippen molar-refractivity contribution in [2.75, 3.05) is 42.5 Å². The molecule has 1 aromatic rings. The molecular formula is C13H18FN3. The van der Waals surface area contributed by atoms with Crippen LogP contribution in [-0.4, -0.2) is 38.8 Å². The van der Waals surface area contributed by atoms with E-state index in [1.165, 1.54) is 5.69 Å². The third kappa shape index (κ3) is 1.76. The molecule has 2 heterocycles. The lowest BCUT2D eigenvalue weighted by molar-refractivity contribution is 0.459. The highest BCUT2D eigenvalue weighted by atomic mass is 19.1. The van der Waals surface area contributed by atoms with Gasteiger partial charge in [0, 0.05) is 32.7 Å². The second-order valence-electron chi connectivity index (χ2n) is 4.72. The first-order valence-corrected chi connectivity index (χ1v) is 6.31. The molecule has 1 unspecified atom stereocenters. The number of anilines is 2. The van der Waals surface area contributed by atoms with E-state index in [1.807, 2.05) is 6.07 Å². The standard InChI is InChI=1S/C13H18FN3/c1-2-16-9-11-8-15-5-6-17(11)13-7-10(14)3-4-12(13)16/h3-4,7,11,15H,2,5-6,8-9H2,1H3. The zero-order valence-electron chi connectivity index (χ0n) is 10.1. The second kappa shape index (κ2) is 4.18. The van der Waals surface area contributed by atoms with E-state index in [-0.39, 0.29) is 5.82 Å². The monoisotopic (exact) mass is 235 g/mol. The Morgan fingerprint density at radius 1 is 1.41 bits per heavy atom. The predicted molar refractivity (Wildman–Crippen MR) is 68.3 cm³/mol. The summed E-state index contributed by atoms with van der Waals surface area (Å²) in [5.41, 5.74) is 2.23. The van der Waals surface area contributed by atoms with Crippen molar-refractivity contribution in [2.24, 2.45) is 0 Å². The van der Waals surface area contributed by atoms with Gasteiger partial charge in [0.2, 0.25) is 0 Å². The largest absolute Gasteiger partial charge is 0.368 e. The summed E-state index contributed by atoms with van der Waals surface area (Å²) in [7, 11) is 0. The predicted octanol–water partition coefficient (Wildman–Crippen LogP) is 1.44. The van der Waals surface area contributed by atoms with Gasteiger partial charge in [-0.05, 0) is 25.1 Å². The minimum absolute atomic E-state index is 0.140. The maximum absolute atomic E-state index is 13.4. The topological polar surface area (TPSA) is 18.5 Å². The number of hydrogen-bond acceptors (Lipinski definition) is 3. The summed E-state index contributed by atoms with van der Waals surface area (Å²) < 4.78 is 13.4. The van der Waals surface area contributed by atoms with Gasteiger partial charge in [-0.3, -0.25) is 0 Å². The van der Waals surface area contributed by atoms with Crippen molar-refractivity contribution in [3.05, 3.63) is 24.0 Å². The fourth-order valence-electron chi connectivity index (χ4n) is 2.89. The SMILES string of the molecule is CCN1CC2CNCCN2c2cc(F)ccc21. The molecule has 0 amide bonds.